The quantitative estimate of drug-likeness (QED) is 0.814. The molecule has 0 amide bonds. The Hall–Kier alpha value is -1.06. The first kappa shape index (κ1) is 11.4. The Morgan fingerprint density at radius 1 is 1.12 bits per heavy atom. The molecule has 3 heteroatoms. The Kier molecular flexibility index (Phi) is 3.80. The van der Waals surface area contributed by atoms with Gasteiger partial charge in [-0.3, -0.25) is 0 Å². The average Bonchev–Trinajstić information content (AvgIpc) is 2.54. The molecular weight excluding hydrogens is 200 g/mol. The molecule has 16 heavy (non-hydrogen) atoms. The second-order valence-corrected chi connectivity index (χ2v) is 4.43. The largest absolute Gasteiger partial charge is 0.392 e. The molecule has 1 N–H and O–H groups in total. The van der Waals surface area contributed by atoms with Gasteiger partial charge in [-0.2, -0.15) is 0 Å². The van der Waals surface area contributed by atoms with Crippen LogP contribution < -0.4 is 4.90 Å². The molecule has 2 rings (SSSR count). The molecule has 0 saturated carbocycles. The van der Waals surface area contributed by atoms with Gasteiger partial charge in [-0.25, -0.2) is 0 Å². The van der Waals surface area contributed by atoms with E-state index < -0.39 is 0 Å². The topological polar surface area (TPSA) is 26.7 Å². The number of nitrogens with zero attached hydrogens (tertiary/aromatic N) is 2. The SMILES string of the molecule is CN1CCCN(c2ccccc2CO)CC1. The third-order valence-corrected chi connectivity index (χ3v) is 3.22. The first-order valence-corrected chi connectivity index (χ1v) is 5.93. The van der Waals surface area contributed by atoms with E-state index in [0.717, 1.165) is 31.7 Å². The molecule has 0 radical (unpaired) electrons. The molecule has 0 unspecified atom stereocenters. The van der Waals surface area contributed by atoms with E-state index in [-0.39, 0.29) is 6.61 Å². The Bertz CT molecular complexity index is 340. The molecule has 1 fully saturated rings. The monoisotopic (exact) mass is 220 g/mol. The maximum atomic E-state index is 9.33. The van der Waals surface area contributed by atoms with E-state index >= 15 is 0 Å². The van der Waals surface area contributed by atoms with Gasteiger partial charge < -0.3 is 14.9 Å². The minimum absolute atomic E-state index is 0.127. The molecule has 1 heterocycles. The van der Waals surface area contributed by atoms with Crippen molar-refractivity contribution in [2.45, 2.75) is 13.0 Å². The zero-order chi connectivity index (χ0) is 11.4. The van der Waals surface area contributed by atoms with Crippen molar-refractivity contribution in [1.82, 2.24) is 4.90 Å². The molecule has 88 valence electrons. The van der Waals surface area contributed by atoms with Crippen molar-refractivity contribution in [3.63, 3.8) is 0 Å². The molecule has 1 aliphatic heterocycles. The minimum atomic E-state index is 0.127. The predicted molar refractivity (Wildman–Crippen MR) is 66.7 cm³/mol. The van der Waals surface area contributed by atoms with Crippen LogP contribution in [0.3, 0.4) is 0 Å². The van der Waals surface area contributed by atoms with Crippen LogP contribution in [0, 0.1) is 0 Å². The van der Waals surface area contributed by atoms with Gasteiger partial charge in [0.05, 0.1) is 6.61 Å². The van der Waals surface area contributed by atoms with Crippen LogP contribution in [-0.4, -0.2) is 43.2 Å². The molecule has 1 aliphatic rings. The molecule has 3 nitrogen and oxygen atoms in total. The lowest BCUT2D eigenvalue weighted by atomic mass is 10.1. The van der Waals surface area contributed by atoms with Gasteiger partial charge in [0.25, 0.3) is 0 Å². The van der Waals surface area contributed by atoms with Crippen LogP contribution in [-0.2, 0) is 6.61 Å². The summed E-state index contributed by atoms with van der Waals surface area (Å²) in [4.78, 5) is 4.75. The van der Waals surface area contributed by atoms with E-state index in [9.17, 15) is 5.11 Å². The van der Waals surface area contributed by atoms with Gasteiger partial charge in [-0.1, -0.05) is 18.2 Å². The van der Waals surface area contributed by atoms with Crippen molar-refractivity contribution in [3.05, 3.63) is 29.8 Å². The van der Waals surface area contributed by atoms with E-state index in [1.807, 2.05) is 18.2 Å². The van der Waals surface area contributed by atoms with E-state index in [1.54, 1.807) is 0 Å². The Morgan fingerprint density at radius 2 is 1.94 bits per heavy atom. The first-order chi connectivity index (χ1) is 7.81. The number of aliphatic hydroxyl groups is 1. The summed E-state index contributed by atoms with van der Waals surface area (Å²) in [7, 11) is 2.17. The van der Waals surface area contributed by atoms with Crippen molar-refractivity contribution in [2.75, 3.05) is 38.1 Å². The minimum Gasteiger partial charge on any atom is -0.392 e. The normalized spacial score (nSPS) is 18.5. The molecule has 0 spiro atoms. The van der Waals surface area contributed by atoms with Crippen LogP contribution >= 0.6 is 0 Å². The zero-order valence-electron chi connectivity index (χ0n) is 9.89. The maximum absolute atomic E-state index is 9.33. The second kappa shape index (κ2) is 5.32. The van der Waals surface area contributed by atoms with Gasteiger partial charge in [-0.05, 0) is 26.1 Å². The Labute approximate surface area is 97.3 Å². The average molecular weight is 220 g/mol. The number of aliphatic hydroxyl groups excluding tert-OH is 1. The summed E-state index contributed by atoms with van der Waals surface area (Å²) in [6.07, 6.45) is 1.19. The number of hydrogen-bond donors (Lipinski definition) is 1. The molecule has 1 aromatic rings. The highest BCUT2D eigenvalue weighted by molar-refractivity contribution is 5.53. The molecule has 1 aromatic carbocycles. The van der Waals surface area contributed by atoms with Crippen LogP contribution in [0.5, 0.6) is 0 Å². The van der Waals surface area contributed by atoms with E-state index in [0.29, 0.717) is 0 Å². The second-order valence-electron chi connectivity index (χ2n) is 4.43. The first-order valence-electron chi connectivity index (χ1n) is 5.93. The summed E-state index contributed by atoms with van der Waals surface area (Å²) in [5, 5.41) is 9.33. The highest BCUT2D eigenvalue weighted by atomic mass is 16.3. The fourth-order valence-electron chi connectivity index (χ4n) is 2.24. The number of para-hydroxylation sites is 1. The molecule has 0 aliphatic carbocycles. The smallest absolute Gasteiger partial charge is 0.0702 e. The number of anilines is 1. The third kappa shape index (κ3) is 2.54. The molecule has 0 bridgehead atoms. The van der Waals surface area contributed by atoms with Crippen molar-refractivity contribution in [3.8, 4) is 0 Å². The molecule has 0 atom stereocenters. The van der Waals surface area contributed by atoms with Crippen LogP contribution in [0.2, 0.25) is 0 Å². The fourth-order valence-corrected chi connectivity index (χ4v) is 2.24. The van der Waals surface area contributed by atoms with Crippen LogP contribution in [0.25, 0.3) is 0 Å². The molecule has 0 aromatic heterocycles. The van der Waals surface area contributed by atoms with Crippen molar-refractivity contribution < 1.29 is 5.11 Å². The lowest BCUT2D eigenvalue weighted by Gasteiger charge is -2.25. The Morgan fingerprint density at radius 3 is 2.75 bits per heavy atom. The van der Waals surface area contributed by atoms with Gasteiger partial charge >= 0.3 is 0 Å². The summed E-state index contributed by atoms with van der Waals surface area (Å²) in [6, 6.07) is 8.14. The maximum Gasteiger partial charge on any atom is 0.0702 e. The Balaban J connectivity index is 2.16. The molecule has 1 saturated heterocycles. The van der Waals surface area contributed by atoms with Crippen LogP contribution in [0.15, 0.2) is 24.3 Å². The number of rotatable bonds is 2. The number of benzene rings is 1. The van der Waals surface area contributed by atoms with Crippen LogP contribution in [0.4, 0.5) is 5.69 Å². The van der Waals surface area contributed by atoms with Crippen LogP contribution in [0.1, 0.15) is 12.0 Å². The molecular formula is C13H20N2O. The summed E-state index contributed by atoms with van der Waals surface area (Å²) >= 11 is 0. The van der Waals surface area contributed by atoms with E-state index in [2.05, 4.69) is 22.9 Å². The van der Waals surface area contributed by atoms with Crippen molar-refractivity contribution in [2.24, 2.45) is 0 Å². The number of hydrogen-bond acceptors (Lipinski definition) is 3. The van der Waals surface area contributed by atoms with Gasteiger partial charge in [0.1, 0.15) is 0 Å². The fraction of sp³-hybridized carbons (Fsp3) is 0.538. The van der Waals surface area contributed by atoms with Gasteiger partial charge in [0.2, 0.25) is 0 Å². The predicted octanol–water partition coefficient (Wildman–Crippen LogP) is 1.32. The zero-order valence-corrected chi connectivity index (χ0v) is 9.89. The summed E-state index contributed by atoms with van der Waals surface area (Å²) in [5.74, 6) is 0. The lowest BCUT2D eigenvalue weighted by Crippen LogP contribution is -2.29. The third-order valence-electron chi connectivity index (χ3n) is 3.22. The van der Waals surface area contributed by atoms with Gasteiger partial charge in [-0.15, -0.1) is 0 Å². The van der Waals surface area contributed by atoms with E-state index in [1.165, 1.54) is 12.1 Å². The van der Waals surface area contributed by atoms with Gasteiger partial charge in [0.15, 0.2) is 0 Å². The summed E-state index contributed by atoms with van der Waals surface area (Å²) in [5.41, 5.74) is 2.23. The summed E-state index contributed by atoms with van der Waals surface area (Å²) < 4.78 is 0. The van der Waals surface area contributed by atoms with Crippen molar-refractivity contribution >= 4 is 5.69 Å². The standard InChI is InChI=1S/C13H20N2O/c1-14-7-4-8-15(10-9-14)13-6-3-2-5-12(13)11-16/h2-3,5-6,16H,4,7-11H2,1H3. The van der Waals surface area contributed by atoms with Gasteiger partial charge in [0, 0.05) is 30.9 Å². The summed E-state index contributed by atoms with van der Waals surface area (Å²) in [6.45, 7) is 4.52. The lowest BCUT2D eigenvalue weighted by molar-refractivity contribution is 0.282. The number of likely N-dealkylation sites (N-methyl/N-ethyl adjacent to an activating group) is 1. The van der Waals surface area contributed by atoms with Crippen molar-refractivity contribution in [1.29, 1.82) is 0 Å². The highest BCUT2D eigenvalue weighted by Gasteiger charge is 2.14. The van der Waals surface area contributed by atoms with E-state index in [4.69, 9.17) is 0 Å². The highest BCUT2D eigenvalue weighted by Crippen LogP contribution is 2.21.